The van der Waals surface area contributed by atoms with Gasteiger partial charge in [0.1, 0.15) is 0 Å². The summed E-state index contributed by atoms with van der Waals surface area (Å²) in [6.07, 6.45) is -0.0126. The number of nitrogens with one attached hydrogen (secondary N) is 1. The SMILES string of the molecule is C[C@H](OC(=O)C1CCN(C(=O)c2ccc(Cl)cc2)CC1)C(=O)Nc1ccc(C#N)cc1. The van der Waals surface area contributed by atoms with Gasteiger partial charge < -0.3 is 15.0 Å². The molecule has 0 aliphatic carbocycles. The van der Waals surface area contributed by atoms with Crippen LogP contribution in [0.15, 0.2) is 48.5 Å². The predicted octanol–water partition coefficient (Wildman–Crippen LogP) is 3.63. The molecule has 8 heteroatoms. The molecule has 1 saturated heterocycles. The molecule has 0 spiro atoms. The second-order valence-electron chi connectivity index (χ2n) is 7.33. The molecule has 1 aliphatic rings. The van der Waals surface area contributed by atoms with Crippen molar-refractivity contribution < 1.29 is 19.1 Å². The maximum Gasteiger partial charge on any atom is 0.309 e. The Morgan fingerprint density at radius 1 is 1.10 bits per heavy atom. The maximum atomic E-state index is 12.6. The normalized spacial score (nSPS) is 14.9. The topological polar surface area (TPSA) is 99.5 Å². The van der Waals surface area contributed by atoms with Gasteiger partial charge in [0.15, 0.2) is 6.10 Å². The molecule has 0 bridgehead atoms. The Bertz CT molecular complexity index is 991. The lowest BCUT2D eigenvalue weighted by atomic mass is 9.96. The van der Waals surface area contributed by atoms with Gasteiger partial charge in [-0.25, -0.2) is 0 Å². The van der Waals surface area contributed by atoms with Crippen LogP contribution >= 0.6 is 11.6 Å². The molecule has 0 unspecified atom stereocenters. The van der Waals surface area contributed by atoms with Gasteiger partial charge in [-0.2, -0.15) is 5.26 Å². The zero-order valence-corrected chi connectivity index (χ0v) is 17.8. The lowest BCUT2D eigenvalue weighted by Gasteiger charge is -2.31. The first-order chi connectivity index (χ1) is 14.9. The van der Waals surface area contributed by atoms with E-state index in [1.807, 2.05) is 6.07 Å². The number of piperidine rings is 1. The molecule has 2 aromatic carbocycles. The van der Waals surface area contributed by atoms with E-state index in [4.69, 9.17) is 21.6 Å². The van der Waals surface area contributed by atoms with Crippen LogP contribution in [-0.2, 0) is 14.3 Å². The zero-order valence-electron chi connectivity index (χ0n) is 17.0. The first kappa shape index (κ1) is 22.3. The Labute approximate surface area is 185 Å². The van der Waals surface area contributed by atoms with Crippen LogP contribution in [0.2, 0.25) is 5.02 Å². The standard InChI is InChI=1S/C23H22ClN3O4/c1-15(21(28)26-20-8-2-16(14-25)3-9-20)31-23(30)18-10-12-27(13-11-18)22(29)17-4-6-19(24)7-5-17/h2-9,15,18H,10-13H2,1H3,(H,26,28)/t15-/m0/s1. The number of carbonyl (C=O) groups excluding carboxylic acids is 3. The third-order valence-electron chi connectivity index (χ3n) is 5.15. The fraction of sp³-hybridized carbons (Fsp3) is 0.304. The van der Waals surface area contributed by atoms with E-state index in [-0.39, 0.29) is 11.8 Å². The first-order valence-corrected chi connectivity index (χ1v) is 10.3. The van der Waals surface area contributed by atoms with Crippen LogP contribution in [0, 0.1) is 17.2 Å². The van der Waals surface area contributed by atoms with Crippen LogP contribution in [-0.4, -0.2) is 41.9 Å². The molecule has 2 amide bonds. The quantitative estimate of drug-likeness (QED) is 0.717. The van der Waals surface area contributed by atoms with Crippen molar-refractivity contribution in [3.05, 3.63) is 64.7 Å². The molecule has 1 aliphatic heterocycles. The van der Waals surface area contributed by atoms with Crippen molar-refractivity contribution in [2.75, 3.05) is 18.4 Å². The fourth-order valence-corrected chi connectivity index (χ4v) is 3.42. The average molecular weight is 440 g/mol. The Morgan fingerprint density at radius 2 is 1.71 bits per heavy atom. The van der Waals surface area contributed by atoms with E-state index in [0.29, 0.717) is 47.8 Å². The molecule has 1 atom stereocenters. The third kappa shape index (κ3) is 5.83. The summed E-state index contributed by atoms with van der Waals surface area (Å²) in [5, 5.41) is 12.0. The smallest absolute Gasteiger partial charge is 0.309 e. The van der Waals surface area contributed by atoms with E-state index in [1.54, 1.807) is 53.4 Å². The van der Waals surface area contributed by atoms with Crippen molar-refractivity contribution in [1.82, 2.24) is 4.90 Å². The summed E-state index contributed by atoms with van der Waals surface area (Å²) in [5.41, 5.74) is 1.55. The monoisotopic (exact) mass is 439 g/mol. The van der Waals surface area contributed by atoms with Crippen LogP contribution in [0.4, 0.5) is 5.69 Å². The number of nitrogens with zero attached hydrogens (tertiary/aromatic N) is 2. The van der Waals surface area contributed by atoms with Crippen LogP contribution in [0.1, 0.15) is 35.7 Å². The van der Waals surface area contributed by atoms with Crippen LogP contribution in [0.5, 0.6) is 0 Å². The van der Waals surface area contributed by atoms with Crippen molar-refractivity contribution in [3.8, 4) is 6.07 Å². The van der Waals surface area contributed by atoms with Crippen LogP contribution in [0.3, 0.4) is 0 Å². The number of rotatable bonds is 5. The Morgan fingerprint density at radius 3 is 2.29 bits per heavy atom. The number of ether oxygens (including phenoxy) is 1. The molecule has 7 nitrogen and oxygen atoms in total. The first-order valence-electron chi connectivity index (χ1n) is 9.93. The van der Waals surface area contributed by atoms with E-state index in [1.165, 1.54) is 6.92 Å². The summed E-state index contributed by atoms with van der Waals surface area (Å²) in [4.78, 5) is 39.0. The van der Waals surface area contributed by atoms with Gasteiger partial charge in [0.25, 0.3) is 11.8 Å². The van der Waals surface area contributed by atoms with Crippen LogP contribution < -0.4 is 5.32 Å². The minimum absolute atomic E-state index is 0.0985. The Balaban J connectivity index is 1.47. The number of anilines is 1. The number of hydrogen-bond donors (Lipinski definition) is 1. The van der Waals surface area contributed by atoms with Gasteiger partial charge in [0.05, 0.1) is 17.6 Å². The third-order valence-corrected chi connectivity index (χ3v) is 5.40. The summed E-state index contributed by atoms with van der Waals surface area (Å²) in [7, 11) is 0. The van der Waals surface area contributed by atoms with E-state index < -0.39 is 18.0 Å². The van der Waals surface area contributed by atoms with Crippen molar-refractivity contribution in [1.29, 1.82) is 5.26 Å². The van der Waals surface area contributed by atoms with Crippen molar-refractivity contribution in [2.45, 2.75) is 25.9 Å². The highest BCUT2D eigenvalue weighted by Gasteiger charge is 2.30. The lowest BCUT2D eigenvalue weighted by Crippen LogP contribution is -2.41. The van der Waals surface area contributed by atoms with Gasteiger partial charge in [-0.05, 0) is 68.3 Å². The highest BCUT2D eigenvalue weighted by Crippen LogP contribution is 2.22. The molecule has 31 heavy (non-hydrogen) atoms. The molecule has 3 rings (SSSR count). The molecular weight excluding hydrogens is 418 g/mol. The highest BCUT2D eigenvalue weighted by molar-refractivity contribution is 6.30. The molecule has 1 fully saturated rings. The molecule has 1 N–H and O–H groups in total. The summed E-state index contributed by atoms with van der Waals surface area (Å²) in [6, 6.07) is 15.1. The van der Waals surface area contributed by atoms with Gasteiger partial charge in [0, 0.05) is 29.4 Å². The minimum Gasteiger partial charge on any atom is -0.452 e. The van der Waals surface area contributed by atoms with Crippen molar-refractivity contribution in [2.24, 2.45) is 5.92 Å². The van der Waals surface area contributed by atoms with Gasteiger partial charge >= 0.3 is 5.97 Å². The van der Waals surface area contributed by atoms with Crippen LogP contribution in [0.25, 0.3) is 0 Å². The second-order valence-corrected chi connectivity index (χ2v) is 7.77. The van der Waals surface area contributed by atoms with Gasteiger partial charge in [-0.1, -0.05) is 11.6 Å². The highest BCUT2D eigenvalue weighted by atomic mass is 35.5. The fourth-order valence-electron chi connectivity index (χ4n) is 3.29. The van der Waals surface area contributed by atoms with Gasteiger partial charge in [0.2, 0.25) is 0 Å². The average Bonchev–Trinajstić information content (AvgIpc) is 2.79. The molecule has 160 valence electrons. The molecule has 0 radical (unpaired) electrons. The van der Waals surface area contributed by atoms with Crippen molar-refractivity contribution in [3.63, 3.8) is 0 Å². The number of amides is 2. The summed E-state index contributed by atoms with van der Waals surface area (Å²) in [5.74, 6) is -1.35. The molecule has 0 saturated carbocycles. The summed E-state index contributed by atoms with van der Waals surface area (Å²) >= 11 is 5.86. The van der Waals surface area contributed by atoms with E-state index in [0.717, 1.165) is 0 Å². The number of benzene rings is 2. The summed E-state index contributed by atoms with van der Waals surface area (Å²) < 4.78 is 5.34. The van der Waals surface area contributed by atoms with Crippen molar-refractivity contribution >= 4 is 35.1 Å². The molecule has 0 aromatic heterocycles. The van der Waals surface area contributed by atoms with E-state index in [9.17, 15) is 14.4 Å². The number of halogens is 1. The number of hydrogen-bond acceptors (Lipinski definition) is 5. The van der Waals surface area contributed by atoms with Gasteiger partial charge in [-0.3, -0.25) is 14.4 Å². The molecular formula is C23H22ClN3O4. The minimum atomic E-state index is -0.961. The lowest BCUT2D eigenvalue weighted by molar-refractivity contribution is -0.158. The van der Waals surface area contributed by atoms with E-state index in [2.05, 4.69) is 5.32 Å². The summed E-state index contributed by atoms with van der Waals surface area (Å²) in [6.45, 7) is 2.39. The number of carbonyl (C=O) groups is 3. The number of nitriles is 1. The Kier molecular flexibility index (Phi) is 7.27. The predicted molar refractivity (Wildman–Crippen MR) is 115 cm³/mol. The zero-order chi connectivity index (χ0) is 22.4. The largest absolute Gasteiger partial charge is 0.452 e. The molecule has 2 aromatic rings. The molecule has 1 heterocycles. The Hall–Kier alpha value is -3.37. The van der Waals surface area contributed by atoms with Gasteiger partial charge in [-0.15, -0.1) is 0 Å². The van der Waals surface area contributed by atoms with E-state index >= 15 is 0 Å². The number of likely N-dealkylation sites (tertiary alicyclic amines) is 1. The maximum absolute atomic E-state index is 12.6. The second kappa shape index (κ2) is 10.1. The number of esters is 1.